The van der Waals surface area contributed by atoms with Crippen molar-refractivity contribution in [2.24, 2.45) is 5.73 Å². The molecular weight excluding hydrogens is 714 g/mol. The van der Waals surface area contributed by atoms with Crippen LogP contribution in [0.15, 0.2) is 34.4 Å². The van der Waals surface area contributed by atoms with Crippen molar-refractivity contribution in [3.05, 3.63) is 56.9 Å². The first-order chi connectivity index (χ1) is 26.0. The molecule has 2 aromatic rings. The Labute approximate surface area is 309 Å². The summed E-state index contributed by atoms with van der Waals surface area (Å²) in [4.78, 5) is 102. The van der Waals surface area contributed by atoms with Crippen LogP contribution in [0.2, 0.25) is 0 Å². The standard InChI is InChI=1S/C17H24N4O6.C16H23N5O6/c1-2-6-26-8-9-27-7-5-18-16(24)12-10-15(23)21(11-19-12)13-3-4-14(22)20-17(13)25;17-3-5-26-7-8-27-6-4-18-15(24)11-9-14(23)21(10-19-11)12-1-2-13(22)20-16(12)25/h10-11,13H,2-9H2,1H3,(H,18,24)(H,20,22,25);9-10,12H,1-8,17H2,(H,18,24)(H,20,22,25). The predicted molar refractivity (Wildman–Crippen MR) is 187 cm³/mol. The number of ether oxygens (including phenoxy) is 4. The Morgan fingerprint density at radius 1 is 0.685 bits per heavy atom. The highest BCUT2D eigenvalue weighted by Gasteiger charge is 2.30. The second-order valence-corrected chi connectivity index (χ2v) is 11.7. The summed E-state index contributed by atoms with van der Waals surface area (Å²) in [5.74, 6) is -2.87. The van der Waals surface area contributed by atoms with E-state index in [-0.39, 0.29) is 68.6 Å². The highest BCUT2D eigenvalue weighted by molar-refractivity contribution is 6.00. The van der Waals surface area contributed by atoms with Gasteiger partial charge in [0.25, 0.3) is 22.9 Å². The second kappa shape index (κ2) is 23.4. The number of nitrogens with two attached hydrogens (primary N) is 1. The van der Waals surface area contributed by atoms with E-state index < -0.39 is 46.8 Å². The van der Waals surface area contributed by atoms with Crippen LogP contribution in [0.25, 0.3) is 0 Å². The van der Waals surface area contributed by atoms with Gasteiger partial charge in [-0.15, -0.1) is 0 Å². The number of amides is 6. The van der Waals surface area contributed by atoms with Gasteiger partial charge in [-0.1, -0.05) is 6.92 Å². The van der Waals surface area contributed by atoms with Gasteiger partial charge in [0.05, 0.1) is 58.9 Å². The smallest absolute Gasteiger partial charge is 0.270 e. The number of hydrogen-bond donors (Lipinski definition) is 5. The zero-order valence-electron chi connectivity index (χ0n) is 30.0. The van der Waals surface area contributed by atoms with Crippen molar-refractivity contribution in [2.75, 3.05) is 72.5 Å². The zero-order valence-corrected chi connectivity index (χ0v) is 30.0. The van der Waals surface area contributed by atoms with Crippen molar-refractivity contribution < 1.29 is 47.7 Å². The Hall–Kier alpha value is -5.22. The van der Waals surface area contributed by atoms with Crippen molar-refractivity contribution in [3.8, 4) is 0 Å². The molecule has 21 nitrogen and oxygen atoms in total. The molecule has 54 heavy (non-hydrogen) atoms. The number of nitrogens with zero attached hydrogens (tertiary/aromatic N) is 4. The van der Waals surface area contributed by atoms with E-state index >= 15 is 0 Å². The molecule has 4 heterocycles. The molecule has 0 saturated carbocycles. The molecule has 6 N–H and O–H groups in total. The molecule has 4 rings (SSSR count). The first kappa shape index (κ1) is 43.2. The molecule has 2 aromatic heterocycles. The molecule has 6 amide bonds. The molecule has 2 atom stereocenters. The monoisotopic (exact) mass is 761 g/mol. The molecule has 2 aliphatic heterocycles. The van der Waals surface area contributed by atoms with Crippen LogP contribution >= 0.6 is 0 Å². The number of carbonyl (C=O) groups excluding carboxylic acids is 6. The van der Waals surface area contributed by atoms with Crippen LogP contribution in [0.5, 0.6) is 0 Å². The van der Waals surface area contributed by atoms with Crippen LogP contribution < -0.4 is 38.1 Å². The van der Waals surface area contributed by atoms with Gasteiger partial charge in [-0.2, -0.15) is 0 Å². The van der Waals surface area contributed by atoms with Gasteiger partial charge in [-0.05, 0) is 19.3 Å². The minimum absolute atomic E-state index is 0.0465. The molecule has 2 unspecified atom stereocenters. The SMILES string of the molecule is CCCOCCOCCNC(=O)c1cc(=O)n(C2CCC(=O)NC2=O)cn1.NCCOCCOCCNC(=O)c1cc(=O)n(C2CCC(=O)NC2=O)cn1. The van der Waals surface area contributed by atoms with E-state index in [1.807, 2.05) is 6.92 Å². The number of carbonyl (C=O) groups is 6. The molecular formula is C33H47N9O12. The average Bonchev–Trinajstić information content (AvgIpc) is 3.14. The minimum atomic E-state index is -0.810. The summed E-state index contributed by atoms with van der Waals surface area (Å²) >= 11 is 0. The van der Waals surface area contributed by atoms with Crippen molar-refractivity contribution >= 4 is 35.4 Å². The van der Waals surface area contributed by atoms with Gasteiger partial charge < -0.3 is 35.3 Å². The Morgan fingerprint density at radius 2 is 1.09 bits per heavy atom. The summed E-state index contributed by atoms with van der Waals surface area (Å²) in [6.45, 7) is 6.49. The highest BCUT2D eigenvalue weighted by Crippen LogP contribution is 2.17. The summed E-state index contributed by atoms with van der Waals surface area (Å²) in [5.41, 5.74) is 4.09. The van der Waals surface area contributed by atoms with Gasteiger partial charge in [0.2, 0.25) is 23.6 Å². The summed E-state index contributed by atoms with van der Waals surface area (Å²) in [6, 6.07) is 0.511. The van der Waals surface area contributed by atoms with Gasteiger partial charge in [-0.3, -0.25) is 58.1 Å². The first-order valence-electron chi connectivity index (χ1n) is 17.5. The third-order valence-electron chi connectivity index (χ3n) is 7.65. The molecule has 0 aliphatic carbocycles. The fourth-order valence-electron chi connectivity index (χ4n) is 4.96. The molecule has 296 valence electrons. The summed E-state index contributed by atoms with van der Waals surface area (Å²) in [5, 5.41) is 9.54. The maximum absolute atomic E-state index is 12.2. The first-order valence-corrected chi connectivity index (χ1v) is 17.5. The van der Waals surface area contributed by atoms with E-state index in [1.54, 1.807) is 0 Å². The van der Waals surface area contributed by atoms with Crippen molar-refractivity contribution in [1.82, 2.24) is 40.4 Å². The van der Waals surface area contributed by atoms with Gasteiger partial charge in [0, 0.05) is 51.2 Å². The van der Waals surface area contributed by atoms with Crippen molar-refractivity contribution in [1.29, 1.82) is 0 Å². The van der Waals surface area contributed by atoms with E-state index in [1.165, 1.54) is 0 Å². The maximum Gasteiger partial charge on any atom is 0.270 e. The molecule has 21 heteroatoms. The lowest BCUT2D eigenvalue weighted by molar-refractivity contribution is -0.137. The molecule has 0 radical (unpaired) electrons. The van der Waals surface area contributed by atoms with Gasteiger partial charge in [-0.25, -0.2) is 9.97 Å². The van der Waals surface area contributed by atoms with Crippen LogP contribution in [-0.4, -0.2) is 127 Å². The van der Waals surface area contributed by atoms with Gasteiger partial charge in [0.1, 0.15) is 23.5 Å². The molecule has 0 spiro atoms. The Kier molecular flexibility index (Phi) is 18.8. The van der Waals surface area contributed by atoms with Crippen molar-refractivity contribution in [3.63, 3.8) is 0 Å². The van der Waals surface area contributed by atoms with E-state index in [9.17, 15) is 38.4 Å². The topological polar surface area (TPSA) is 283 Å². The van der Waals surface area contributed by atoms with Crippen LogP contribution in [0, 0.1) is 0 Å². The average molecular weight is 762 g/mol. The Bertz CT molecular complexity index is 1590. The molecule has 2 saturated heterocycles. The number of piperidine rings is 2. The fourth-order valence-corrected chi connectivity index (χ4v) is 4.96. The third kappa shape index (κ3) is 14.3. The van der Waals surface area contributed by atoms with Crippen LogP contribution in [0.1, 0.15) is 72.1 Å². The van der Waals surface area contributed by atoms with Crippen LogP contribution in [0.4, 0.5) is 0 Å². The number of imide groups is 2. The largest absolute Gasteiger partial charge is 0.379 e. The number of rotatable bonds is 20. The lowest BCUT2D eigenvalue weighted by atomic mass is 10.1. The molecule has 0 bridgehead atoms. The highest BCUT2D eigenvalue weighted by atomic mass is 16.5. The Balaban J connectivity index is 0.000000290. The molecule has 2 aliphatic rings. The second-order valence-electron chi connectivity index (χ2n) is 11.7. The van der Waals surface area contributed by atoms with Crippen LogP contribution in [0.3, 0.4) is 0 Å². The van der Waals surface area contributed by atoms with E-state index in [4.69, 9.17) is 24.7 Å². The summed E-state index contributed by atoms with van der Waals surface area (Å²) < 4.78 is 23.2. The van der Waals surface area contributed by atoms with E-state index in [0.717, 1.165) is 40.3 Å². The number of hydrogen-bond acceptors (Lipinski definition) is 15. The lowest BCUT2D eigenvalue weighted by Gasteiger charge is -2.22. The zero-order chi connectivity index (χ0) is 39.3. The van der Waals surface area contributed by atoms with Gasteiger partial charge >= 0.3 is 0 Å². The van der Waals surface area contributed by atoms with Crippen molar-refractivity contribution in [2.45, 2.75) is 51.1 Å². The maximum atomic E-state index is 12.2. The van der Waals surface area contributed by atoms with E-state index in [2.05, 4.69) is 31.2 Å². The van der Waals surface area contributed by atoms with Crippen LogP contribution in [-0.2, 0) is 38.1 Å². The normalized spacial score (nSPS) is 16.9. The quantitative estimate of drug-likeness (QED) is 0.0680. The Morgan fingerprint density at radius 3 is 1.46 bits per heavy atom. The fraction of sp³-hybridized carbons (Fsp3) is 0.576. The summed E-state index contributed by atoms with van der Waals surface area (Å²) in [7, 11) is 0. The molecule has 0 aromatic carbocycles. The predicted octanol–water partition coefficient (Wildman–Crippen LogP) is -2.66. The number of nitrogens with one attached hydrogen (secondary N) is 4. The minimum Gasteiger partial charge on any atom is -0.379 e. The van der Waals surface area contributed by atoms with Gasteiger partial charge in [0.15, 0.2) is 0 Å². The third-order valence-corrected chi connectivity index (χ3v) is 7.65. The van der Waals surface area contributed by atoms with E-state index in [0.29, 0.717) is 52.8 Å². The summed E-state index contributed by atoms with van der Waals surface area (Å²) in [6.07, 6.45) is 3.96. The lowest BCUT2D eigenvalue weighted by Crippen LogP contribution is -2.44. The number of aromatic nitrogens is 4. The molecule has 2 fully saturated rings.